The van der Waals surface area contributed by atoms with Crippen LogP contribution in [-0.4, -0.2) is 90.3 Å². The standard InChI is InChI=1S/C19H33F3N4O3S2/c1-18(2)16(27)23-17(30)26(18)10-8-6-4-3-5-7-9-24-11-13-25(14-12-24)31(28,29)15-19(20,21)22/h3-15H2,1-2H3,(H,23,27,30). The van der Waals surface area contributed by atoms with Crippen LogP contribution in [0.2, 0.25) is 0 Å². The summed E-state index contributed by atoms with van der Waals surface area (Å²) in [4.78, 5) is 15.9. The van der Waals surface area contributed by atoms with E-state index in [-0.39, 0.29) is 19.0 Å². The Hall–Kier alpha value is -0.980. The lowest BCUT2D eigenvalue weighted by Gasteiger charge is -2.34. The van der Waals surface area contributed by atoms with Gasteiger partial charge in [-0.15, -0.1) is 0 Å². The van der Waals surface area contributed by atoms with Gasteiger partial charge in [-0.25, -0.2) is 8.42 Å². The van der Waals surface area contributed by atoms with Crippen molar-refractivity contribution in [1.29, 1.82) is 0 Å². The number of alkyl halides is 3. The van der Waals surface area contributed by atoms with Gasteiger partial charge in [0.15, 0.2) is 10.9 Å². The summed E-state index contributed by atoms with van der Waals surface area (Å²) in [6, 6.07) is 0. The van der Waals surface area contributed by atoms with Gasteiger partial charge in [0.1, 0.15) is 5.54 Å². The van der Waals surface area contributed by atoms with Gasteiger partial charge >= 0.3 is 6.18 Å². The zero-order chi connectivity index (χ0) is 23.3. The quantitative estimate of drug-likeness (QED) is 0.357. The van der Waals surface area contributed by atoms with Gasteiger partial charge in [-0.3, -0.25) is 4.79 Å². The highest BCUT2D eigenvalue weighted by atomic mass is 32.2. The van der Waals surface area contributed by atoms with E-state index in [9.17, 15) is 26.4 Å². The molecule has 2 fully saturated rings. The highest BCUT2D eigenvalue weighted by Gasteiger charge is 2.42. The first-order chi connectivity index (χ1) is 14.3. The smallest absolute Gasteiger partial charge is 0.335 e. The van der Waals surface area contributed by atoms with Gasteiger partial charge in [0.2, 0.25) is 10.0 Å². The number of halogens is 3. The molecule has 31 heavy (non-hydrogen) atoms. The molecule has 0 aromatic heterocycles. The summed E-state index contributed by atoms with van der Waals surface area (Å²) in [5, 5.41) is 3.21. The van der Waals surface area contributed by atoms with Crippen LogP contribution in [0.1, 0.15) is 52.4 Å². The van der Waals surface area contributed by atoms with E-state index >= 15 is 0 Å². The molecule has 2 heterocycles. The second kappa shape index (κ2) is 10.8. The topological polar surface area (TPSA) is 73.0 Å². The molecule has 1 amide bonds. The predicted molar refractivity (Wildman–Crippen MR) is 117 cm³/mol. The van der Waals surface area contributed by atoms with Gasteiger partial charge in [0, 0.05) is 32.7 Å². The first-order valence-corrected chi connectivity index (χ1v) is 12.7. The average Bonchev–Trinajstić information content (AvgIpc) is 2.83. The largest absolute Gasteiger partial charge is 0.404 e. The normalized spacial score (nSPS) is 21.0. The third-order valence-electron chi connectivity index (χ3n) is 5.87. The van der Waals surface area contributed by atoms with E-state index in [0.29, 0.717) is 18.2 Å². The van der Waals surface area contributed by atoms with Crippen LogP contribution >= 0.6 is 12.2 Å². The zero-order valence-corrected chi connectivity index (χ0v) is 19.8. The molecule has 0 aliphatic carbocycles. The van der Waals surface area contributed by atoms with Gasteiger partial charge in [-0.05, 0) is 45.5 Å². The number of rotatable bonds is 11. The molecule has 0 saturated carbocycles. The number of carbonyl (C=O) groups is 1. The predicted octanol–water partition coefficient (Wildman–Crippen LogP) is 2.33. The number of sulfonamides is 1. The second-order valence-corrected chi connectivity index (χ2v) is 11.1. The van der Waals surface area contributed by atoms with Crippen molar-refractivity contribution >= 4 is 33.3 Å². The number of nitrogens with zero attached hydrogens (tertiary/aromatic N) is 3. The Balaban J connectivity index is 1.53. The van der Waals surface area contributed by atoms with Crippen molar-refractivity contribution in [3.63, 3.8) is 0 Å². The fourth-order valence-electron chi connectivity index (χ4n) is 3.92. The molecular weight excluding hydrogens is 453 g/mol. The van der Waals surface area contributed by atoms with Crippen LogP contribution in [0, 0.1) is 0 Å². The van der Waals surface area contributed by atoms with Gasteiger partial charge < -0.3 is 15.1 Å². The maximum Gasteiger partial charge on any atom is 0.404 e. The van der Waals surface area contributed by atoms with E-state index in [1.165, 1.54) is 0 Å². The van der Waals surface area contributed by atoms with E-state index in [1.54, 1.807) is 0 Å². The Kier molecular flexibility index (Phi) is 9.12. The summed E-state index contributed by atoms with van der Waals surface area (Å²) in [5.74, 6) is -1.84. The maximum atomic E-state index is 12.4. The molecule has 0 spiro atoms. The summed E-state index contributed by atoms with van der Waals surface area (Å²) in [7, 11) is -4.28. The number of carbonyl (C=O) groups excluding carboxylic acids is 1. The van der Waals surface area contributed by atoms with Crippen molar-refractivity contribution in [2.75, 3.05) is 45.0 Å². The van der Waals surface area contributed by atoms with E-state index in [4.69, 9.17) is 12.2 Å². The lowest BCUT2D eigenvalue weighted by molar-refractivity contribution is -0.125. The van der Waals surface area contributed by atoms with E-state index in [1.807, 2.05) is 18.7 Å². The van der Waals surface area contributed by atoms with Crippen molar-refractivity contribution in [1.82, 2.24) is 19.4 Å². The van der Waals surface area contributed by atoms with Crippen molar-refractivity contribution < 1.29 is 26.4 Å². The van der Waals surface area contributed by atoms with Crippen LogP contribution in [0.25, 0.3) is 0 Å². The van der Waals surface area contributed by atoms with Crippen LogP contribution in [0.15, 0.2) is 0 Å². The summed E-state index contributed by atoms with van der Waals surface area (Å²) in [6.45, 7) is 6.49. The van der Waals surface area contributed by atoms with E-state index in [2.05, 4.69) is 10.2 Å². The number of nitrogens with one attached hydrogen (secondary N) is 1. The molecule has 0 aromatic rings. The van der Waals surface area contributed by atoms with E-state index < -0.39 is 27.5 Å². The molecule has 0 bridgehead atoms. The Morgan fingerprint density at radius 3 is 1.97 bits per heavy atom. The number of amides is 1. The van der Waals surface area contributed by atoms with Crippen LogP contribution in [0.5, 0.6) is 0 Å². The Bertz CT molecular complexity index is 736. The van der Waals surface area contributed by atoms with Gasteiger partial charge in [-0.1, -0.05) is 25.7 Å². The molecule has 2 aliphatic rings. The monoisotopic (exact) mass is 486 g/mol. The van der Waals surface area contributed by atoms with Crippen molar-refractivity contribution in [2.45, 2.75) is 64.1 Å². The number of hydrogen-bond donors (Lipinski definition) is 1. The summed E-state index contributed by atoms with van der Waals surface area (Å²) in [6.07, 6.45) is 1.53. The second-order valence-electron chi connectivity index (χ2n) is 8.70. The van der Waals surface area contributed by atoms with Crippen molar-refractivity contribution in [2.24, 2.45) is 0 Å². The minimum Gasteiger partial charge on any atom is -0.335 e. The molecule has 1 N–H and O–H groups in total. The van der Waals surface area contributed by atoms with E-state index in [0.717, 1.165) is 55.9 Å². The molecule has 7 nitrogen and oxygen atoms in total. The minimum absolute atomic E-state index is 0.0590. The van der Waals surface area contributed by atoms with Crippen molar-refractivity contribution in [3.8, 4) is 0 Å². The van der Waals surface area contributed by atoms with Crippen LogP contribution in [0.3, 0.4) is 0 Å². The number of unbranched alkanes of at least 4 members (excludes halogenated alkanes) is 5. The molecule has 2 saturated heterocycles. The van der Waals surface area contributed by atoms with Gasteiger partial charge in [-0.2, -0.15) is 17.5 Å². The summed E-state index contributed by atoms with van der Waals surface area (Å²) in [5.41, 5.74) is -0.590. The molecular formula is C19H33F3N4O3S2. The third kappa shape index (κ3) is 7.83. The zero-order valence-electron chi connectivity index (χ0n) is 18.2. The molecule has 0 unspecified atom stereocenters. The molecule has 180 valence electrons. The molecule has 2 aliphatic heterocycles. The fourth-order valence-corrected chi connectivity index (χ4v) is 5.64. The van der Waals surface area contributed by atoms with Crippen LogP contribution in [0.4, 0.5) is 13.2 Å². The Morgan fingerprint density at radius 2 is 1.48 bits per heavy atom. The average molecular weight is 487 g/mol. The first-order valence-electron chi connectivity index (χ1n) is 10.7. The SMILES string of the molecule is CC1(C)C(=O)NC(=S)N1CCCCCCCCN1CCN(S(=O)(=O)CC(F)(F)F)CC1. The lowest BCUT2D eigenvalue weighted by atomic mass is 10.0. The Morgan fingerprint density at radius 1 is 0.968 bits per heavy atom. The molecule has 12 heteroatoms. The molecule has 0 atom stereocenters. The maximum absolute atomic E-state index is 12.4. The highest BCUT2D eigenvalue weighted by Crippen LogP contribution is 2.22. The van der Waals surface area contributed by atoms with Gasteiger partial charge in [0.05, 0.1) is 0 Å². The summed E-state index contributed by atoms with van der Waals surface area (Å²) >= 11 is 5.22. The van der Waals surface area contributed by atoms with Gasteiger partial charge in [0.25, 0.3) is 5.91 Å². The first kappa shape index (κ1) is 26.3. The fraction of sp³-hybridized carbons (Fsp3) is 0.895. The number of hydrogen-bond acceptors (Lipinski definition) is 5. The summed E-state index contributed by atoms with van der Waals surface area (Å²) < 4.78 is 61.8. The van der Waals surface area contributed by atoms with Crippen molar-refractivity contribution in [3.05, 3.63) is 0 Å². The third-order valence-corrected chi connectivity index (χ3v) is 8.04. The molecule has 0 radical (unpaired) electrons. The minimum atomic E-state index is -4.71. The highest BCUT2D eigenvalue weighted by molar-refractivity contribution is 7.89. The molecule has 2 rings (SSSR count). The van der Waals surface area contributed by atoms with Crippen LogP contribution in [-0.2, 0) is 14.8 Å². The lowest BCUT2D eigenvalue weighted by Crippen LogP contribution is -2.50. The number of thiocarbonyl (C=S) groups is 1. The number of piperazine rings is 1. The van der Waals surface area contributed by atoms with Crippen LogP contribution < -0.4 is 5.32 Å². The Labute approximate surface area is 188 Å². The molecule has 0 aromatic carbocycles.